The van der Waals surface area contributed by atoms with Crippen LogP contribution in [0.25, 0.3) is 0 Å². The maximum atomic E-state index is 2.37. The van der Waals surface area contributed by atoms with Crippen molar-refractivity contribution in [3.63, 3.8) is 0 Å². The first-order valence-corrected chi connectivity index (χ1v) is 4.71. The van der Waals surface area contributed by atoms with E-state index < -0.39 is 0 Å². The van der Waals surface area contributed by atoms with Crippen molar-refractivity contribution in [2.75, 3.05) is 27.7 Å². The molecule has 13 heavy (non-hydrogen) atoms. The van der Waals surface area contributed by atoms with Crippen LogP contribution in [-0.2, 0) is 0 Å². The third-order valence-corrected chi connectivity index (χ3v) is 2.19. The molecule has 0 aliphatic heterocycles. The first-order valence-electron chi connectivity index (χ1n) is 4.71. The molecule has 0 aromatic carbocycles. The van der Waals surface area contributed by atoms with Gasteiger partial charge in [0.15, 0.2) is 0 Å². The summed E-state index contributed by atoms with van der Waals surface area (Å²) >= 11 is 0. The van der Waals surface area contributed by atoms with E-state index in [9.17, 15) is 0 Å². The summed E-state index contributed by atoms with van der Waals surface area (Å²) in [4.78, 5) is 0. The molecule has 0 saturated carbocycles. The zero-order chi connectivity index (χ0) is 9.03. The highest BCUT2D eigenvalue weighted by Crippen LogP contribution is 2.15. The van der Waals surface area contributed by atoms with E-state index in [-0.39, 0.29) is 24.0 Å². The second kappa shape index (κ2) is 5.81. The summed E-state index contributed by atoms with van der Waals surface area (Å²) in [6, 6.07) is 0. The highest BCUT2D eigenvalue weighted by atomic mass is 127. The Morgan fingerprint density at radius 3 is 2.38 bits per heavy atom. The van der Waals surface area contributed by atoms with Crippen molar-refractivity contribution in [3.05, 3.63) is 23.8 Å². The van der Waals surface area contributed by atoms with Gasteiger partial charge >= 0.3 is 0 Å². The fourth-order valence-electron chi connectivity index (χ4n) is 1.33. The Hall–Kier alpha value is 0.170. The van der Waals surface area contributed by atoms with Crippen LogP contribution in [0.2, 0.25) is 0 Å². The fraction of sp³-hybridized carbons (Fsp3) is 0.636. The molecule has 0 spiro atoms. The molecule has 1 aliphatic rings. The summed E-state index contributed by atoms with van der Waals surface area (Å²) in [7, 11) is 6.75. The number of hydrogen-bond donors (Lipinski definition) is 0. The minimum Gasteiger partial charge on any atom is -0.331 e. The lowest BCUT2D eigenvalue weighted by Crippen LogP contribution is -2.35. The first kappa shape index (κ1) is 13.2. The number of hydrogen-bond acceptors (Lipinski definition) is 0. The van der Waals surface area contributed by atoms with Crippen LogP contribution in [0, 0.1) is 0 Å². The topological polar surface area (TPSA) is 0 Å². The van der Waals surface area contributed by atoms with Gasteiger partial charge in [0.2, 0.25) is 0 Å². The molecule has 0 aromatic heterocycles. The summed E-state index contributed by atoms with van der Waals surface area (Å²) in [5.41, 5.74) is 1.62. The fourth-order valence-corrected chi connectivity index (χ4v) is 1.33. The monoisotopic (exact) mass is 294 g/mol. The Balaban J connectivity index is 0.00000144. The quantitative estimate of drug-likeness (QED) is 0.426. The molecule has 0 saturated heterocycles. The molecule has 2 heteroatoms. The molecule has 0 radical (unpaired) electrons. The Bertz CT molecular complexity index is 199. The van der Waals surface area contributed by atoms with Gasteiger partial charge in [-0.3, -0.25) is 0 Å². The Kier molecular flexibility index (Phi) is 5.88. The zero-order valence-corrected chi connectivity index (χ0v) is 11.2. The van der Waals surface area contributed by atoms with Crippen molar-refractivity contribution in [1.82, 2.24) is 0 Å². The first-order chi connectivity index (χ1) is 5.58. The van der Waals surface area contributed by atoms with Crippen molar-refractivity contribution >= 4 is 24.0 Å². The maximum absolute atomic E-state index is 2.37. The summed E-state index contributed by atoms with van der Waals surface area (Å²) in [6.45, 7) is 1.25. The van der Waals surface area contributed by atoms with Gasteiger partial charge < -0.3 is 4.48 Å². The van der Waals surface area contributed by atoms with Gasteiger partial charge in [-0.1, -0.05) is 23.8 Å². The molecule has 0 unspecified atom stereocenters. The van der Waals surface area contributed by atoms with Gasteiger partial charge in [0.05, 0.1) is 27.7 Å². The van der Waals surface area contributed by atoms with Crippen molar-refractivity contribution in [2.24, 2.45) is 0 Å². The van der Waals surface area contributed by atoms with Gasteiger partial charge in [0.1, 0.15) is 0 Å². The van der Waals surface area contributed by atoms with Gasteiger partial charge in [-0.25, -0.2) is 0 Å². The largest absolute Gasteiger partial charge is 0.331 e. The zero-order valence-electron chi connectivity index (χ0n) is 8.92. The third kappa shape index (κ3) is 6.27. The molecule has 76 valence electrons. The number of rotatable bonds is 3. The Morgan fingerprint density at radius 1 is 1.23 bits per heavy atom. The summed E-state index contributed by atoms with van der Waals surface area (Å²) in [5, 5.41) is 0. The lowest BCUT2D eigenvalue weighted by Gasteiger charge is -2.24. The highest BCUT2D eigenvalue weighted by molar-refractivity contribution is 14.0. The lowest BCUT2D eigenvalue weighted by molar-refractivity contribution is -0.870. The minimum absolute atomic E-state index is 0. The molecule has 0 aromatic rings. The van der Waals surface area contributed by atoms with Crippen molar-refractivity contribution in [2.45, 2.75) is 19.3 Å². The predicted octanol–water partition coefficient (Wildman–Crippen LogP) is 2.98. The molecule has 0 atom stereocenters. The van der Waals surface area contributed by atoms with Gasteiger partial charge in [-0.05, 0) is 12.8 Å². The molecule has 0 bridgehead atoms. The molecule has 0 heterocycles. The van der Waals surface area contributed by atoms with Crippen LogP contribution in [0.3, 0.4) is 0 Å². The number of halogens is 1. The van der Waals surface area contributed by atoms with Gasteiger partial charge in [0.25, 0.3) is 0 Å². The van der Waals surface area contributed by atoms with Crippen LogP contribution in [0.4, 0.5) is 0 Å². The SMILES string of the molecule is C[N+](C)(C)CCC1=CCC=CC1.I. The number of quaternary nitrogens is 1. The van der Waals surface area contributed by atoms with E-state index in [2.05, 4.69) is 39.4 Å². The van der Waals surface area contributed by atoms with E-state index >= 15 is 0 Å². The number of allylic oxidation sites excluding steroid dienone is 3. The number of nitrogens with zero attached hydrogens (tertiary/aromatic N) is 1. The van der Waals surface area contributed by atoms with E-state index in [1.165, 1.54) is 19.4 Å². The van der Waals surface area contributed by atoms with E-state index in [1.54, 1.807) is 5.57 Å². The molecule has 0 amide bonds. The lowest BCUT2D eigenvalue weighted by atomic mass is 10.0. The van der Waals surface area contributed by atoms with Crippen LogP contribution in [0.15, 0.2) is 23.8 Å². The molecular weight excluding hydrogens is 273 g/mol. The van der Waals surface area contributed by atoms with Crippen LogP contribution in [0.5, 0.6) is 0 Å². The minimum atomic E-state index is 0. The van der Waals surface area contributed by atoms with Crippen molar-refractivity contribution < 1.29 is 4.48 Å². The van der Waals surface area contributed by atoms with Crippen LogP contribution >= 0.6 is 24.0 Å². The molecule has 1 rings (SSSR count). The molecule has 1 nitrogen and oxygen atoms in total. The van der Waals surface area contributed by atoms with Crippen LogP contribution in [0.1, 0.15) is 19.3 Å². The Labute approximate surface area is 99.1 Å². The van der Waals surface area contributed by atoms with Crippen LogP contribution < -0.4 is 0 Å². The third-order valence-electron chi connectivity index (χ3n) is 2.19. The summed E-state index contributed by atoms with van der Waals surface area (Å²) < 4.78 is 1.07. The van der Waals surface area contributed by atoms with Gasteiger partial charge in [0, 0.05) is 6.42 Å². The summed E-state index contributed by atoms with van der Waals surface area (Å²) in [6.07, 6.45) is 10.5. The van der Waals surface area contributed by atoms with E-state index in [0.717, 1.165) is 10.9 Å². The smallest absolute Gasteiger partial charge is 0.0818 e. The normalized spacial score (nSPS) is 16.4. The maximum Gasteiger partial charge on any atom is 0.0818 e. The van der Waals surface area contributed by atoms with E-state index in [1.807, 2.05) is 0 Å². The average Bonchev–Trinajstić information content (AvgIpc) is 2.02. The second-order valence-corrected chi connectivity index (χ2v) is 4.54. The van der Waals surface area contributed by atoms with E-state index in [4.69, 9.17) is 0 Å². The second-order valence-electron chi connectivity index (χ2n) is 4.54. The van der Waals surface area contributed by atoms with Crippen molar-refractivity contribution in [1.29, 1.82) is 0 Å². The van der Waals surface area contributed by atoms with Crippen LogP contribution in [-0.4, -0.2) is 32.2 Å². The molecular formula is C11H21IN+. The van der Waals surface area contributed by atoms with Crippen molar-refractivity contribution in [3.8, 4) is 0 Å². The molecule has 1 aliphatic carbocycles. The van der Waals surface area contributed by atoms with Gasteiger partial charge in [-0.15, -0.1) is 24.0 Å². The average molecular weight is 294 g/mol. The highest BCUT2D eigenvalue weighted by Gasteiger charge is 2.08. The summed E-state index contributed by atoms with van der Waals surface area (Å²) in [5.74, 6) is 0. The standard InChI is InChI=1S/C11H20N.HI/c1-12(2,3)10-9-11-7-5-4-6-8-11;/h4-5,8H,6-7,9-10H2,1-3H3;1H/q+1;. The van der Waals surface area contributed by atoms with E-state index in [0.29, 0.717) is 0 Å². The molecule has 0 fully saturated rings. The van der Waals surface area contributed by atoms with Gasteiger partial charge in [-0.2, -0.15) is 0 Å². The predicted molar refractivity (Wildman–Crippen MR) is 69.4 cm³/mol. The Morgan fingerprint density at radius 2 is 1.92 bits per heavy atom. The molecule has 0 N–H and O–H groups in total.